The molecule has 1 unspecified atom stereocenters. The first kappa shape index (κ1) is 13.1. The number of hydrogen-bond donors (Lipinski definition) is 1. The zero-order chi connectivity index (χ0) is 14.1. The number of halogens is 1. The van der Waals surface area contributed by atoms with Crippen molar-refractivity contribution in [3.8, 4) is 5.88 Å². The van der Waals surface area contributed by atoms with E-state index in [1.165, 1.54) is 7.11 Å². The van der Waals surface area contributed by atoms with Crippen molar-refractivity contribution in [2.45, 2.75) is 6.04 Å². The van der Waals surface area contributed by atoms with Gasteiger partial charge in [-0.2, -0.15) is 0 Å². The number of para-hydroxylation sites is 1. The zero-order valence-electron chi connectivity index (χ0n) is 10.7. The molecule has 0 bridgehead atoms. The Bertz CT molecular complexity index is 757. The van der Waals surface area contributed by atoms with Gasteiger partial charge in [0, 0.05) is 17.8 Å². The van der Waals surface area contributed by atoms with E-state index in [-0.39, 0.29) is 0 Å². The van der Waals surface area contributed by atoms with Gasteiger partial charge in [-0.05, 0) is 28.1 Å². The van der Waals surface area contributed by atoms with Crippen LogP contribution in [-0.4, -0.2) is 17.1 Å². The largest absolute Gasteiger partial charge is 0.480 e. The van der Waals surface area contributed by atoms with Crippen LogP contribution in [0, 0.1) is 0 Å². The summed E-state index contributed by atoms with van der Waals surface area (Å²) < 4.78 is 11.9. The topological polar surface area (TPSA) is 74.2 Å². The van der Waals surface area contributed by atoms with Crippen molar-refractivity contribution in [1.29, 1.82) is 0 Å². The maximum atomic E-state index is 6.22. The maximum absolute atomic E-state index is 6.22. The number of benzene rings is 1. The zero-order valence-corrected chi connectivity index (χ0v) is 12.3. The molecule has 6 heteroatoms. The van der Waals surface area contributed by atoms with Gasteiger partial charge in [-0.15, -0.1) is 0 Å². The number of rotatable bonds is 3. The van der Waals surface area contributed by atoms with E-state index in [1.807, 2.05) is 24.3 Å². The average molecular weight is 334 g/mol. The Morgan fingerprint density at radius 1 is 1.30 bits per heavy atom. The highest BCUT2D eigenvalue weighted by atomic mass is 79.9. The second kappa shape index (κ2) is 5.22. The van der Waals surface area contributed by atoms with Gasteiger partial charge in [-0.3, -0.25) is 4.98 Å². The molecule has 1 atom stereocenters. The number of aromatic nitrogens is 2. The highest BCUT2D eigenvalue weighted by molar-refractivity contribution is 9.10. The Labute approximate surface area is 123 Å². The van der Waals surface area contributed by atoms with Crippen LogP contribution >= 0.6 is 15.9 Å². The molecule has 2 aromatic heterocycles. The smallest absolute Gasteiger partial charge is 0.237 e. The molecular formula is C14H12BrN3O2. The van der Waals surface area contributed by atoms with Crippen LogP contribution in [0.1, 0.15) is 17.5 Å². The molecule has 1 aromatic carbocycles. The summed E-state index contributed by atoms with van der Waals surface area (Å²) >= 11 is 3.46. The van der Waals surface area contributed by atoms with E-state index in [4.69, 9.17) is 14.9 Å². The third-order valence-corrected chi connectivity index (χ3v) is 3.63. The lowest BCUT2D eigenvalue weighted by molar-refractivity contribution is 0.383. The number of fused-ring (bicyclic) bond motifs is 1. The molecule has 102 valence electrons. The Hall–Kier alpha value is -1.92. The Kier molecular flexibility index (Phi) is 3.42. The summed E-state index contributed by atoms with van der Waals surface area (Å²) in [5.41, 5.74) is 7.53. The third kappa shape index (κ3) is 2.17. The van der Waals surface area contributed by atoms with Crippen LogP contribution in [-0.2, 0) is 0 Å². The van der Waals surface area contributed by atoms with Crippen molar-refractivity contribution < 1.29 is 9.15 Å². The van der Waals surface area contributed by atoms with Gasteiger partial charge in [-0.25, -0.2) is 4.98 Å². The fraction of sp³-hybridized carbons (Fsp3) is 0.143. The predicted octanol–water partition coefficient (Wildman–Crippen LogP) is 3.04. The minimum absolute atomic E-state index is 0.402. The van der Waals surface area contributed by atoms with Crippen LogP contribution in [0.2, 0.25) is 0 Å². The van der Waals surface area contributed by atoms with Gasteiger partial charge in [0.15, 0.2) is 0 Å². The fourth-order valence-corrected chi connectivity index (χ4v) is 2.50. The highest BCUT2D eigenvalue weighted by Crippen LogP contribution is 2.32. The van der Waals surface area contributed by atoms with Crippen LogP contribution in [0.5, 0.6) is 5.88 Å². The molecule has 0 saturated carbocycles. The lowest BCUT2D eigenvalue weighted by Crippen LogP contribution is -2.14. The molecule has 2 N–H and O–H groups in total. The van der Waals surface area contributed by atoms with Crippen molar-refractivity contribution >= 4 is 26.9 Å². The molecule has 0 amide bonds. The molecule has 0 aliphatic heterocycles. The maximum Gasteiger partial charge on any atom is 0.237 e. The molecule has 20 heavy (non-hydrogen) atoms. The second-order valence-electron chi connectivity index (χ2n) is 4.24. The molecule has 0 spiro atoms. The standard InChI is InChI=1S/C14H12BrN3O2/c1-19-14-12(17-5-6-18-14)11(16)10-7-8-3-2-4-9(15)13(8)20-10/h2-7,11H,16H2,1H3. The number of hydrogen-bond acceptors (Lipinski definition) is 5. The number of furan rings is 1. The number of methoxy groups -OCH3 is 1. The molecule has 0 aliphatic rings. The van der Waals surface area contributed by atoms with Crippen molar-refractivity contribution in [2.24, 2.45) is 5.73 Å². The summed E-state index contributed by atoms with van der Waals surface area (Å²) in [6, 6.07) is 7.20. The summed E-state index contributed by atoms with van der Waals surface area (Å²) in [6.45, 7) is 0. The quantitative estimate of drug-likeness (QED) is 0.797. The van der Waals surface area contributed by atoms with Crippen molar-refractivity contribution in [2.75, 3.05) is 7.11 Å². The second-order valence-corrected chi connectivity index (χ2v) is 5.09. The molecule has 3 rings (SSSR count). The SMILES string of the molecule is COc1nccnc1C(N)c1cc2cccc(Br)c2o1. The van der Waals surface area contributed by atoms with Crippen LogP contribution < -0.4 is 10.5 Å². The minimum atomic E-state index is -0.530. The van der Waals surface area contributed by atoms with Crippen LogP contribution in [0.3, 0.4) is 0 Å². The van der Waals surface area contributed by atoms with E-state index in [9.17, 15) is 0 Å². The van der Waals surface area contributed by atoms with Gasteiger partial charge in [0.05, 0.1) is 11.6 Å². The van der Waals surface area contributed by atoms with Gasteiger partial charge in [0.2, 0.25) is 5.88 Å². The first-order valence-electron chi connectivity index (χ1n) is 5.99. The van der Waals surface area contributed by atoms with Crippen molar-refractivity contribution in [3.63, 3.8) is 0 Å². The lowest BCUT2D eigenvalue weighted by atomic mass is 10.1. The molecule has 0 saturated heterocycles. The van der Waals surface area contributed by atoms with Crippen LogP contribution in [0.25, 0.3) is 11.0 Å². The third-order valence-electron chi connectivity index (χ3n) is 3.00. The minimum Gasteiger partial charge on any atom is -0.480 e. The number of ether oxygens (including phenoxy) is 1. The number of nitrogens with two attached hydrogens (primary N) is 1. The van der Waals surface area contributed by atoms with E-state index in [0.29, 0.717) is 17.3 Å². The van der Waals surface area contributed by atoms with E-state index in [1.54, 1.807) is 12.4 Å². The summed E-state index contributed by atoms with van der Waals surface area (Å²) in [7, 11) is 1.54. The molecule has 3 aromatic rings. The van der Waals surface area contributed by atoms with Crippen LogP contribution in [0.4, 0.5) is 0 Å². The summed E-state index contributed by atoms with van der Waals surface area (Å²) in [6.07, 6.45) is 3.14. The van der Waals surface area contributed by atoms with Crippen molar-refractivity contribution in [3.05, 3.63) is 52.6 Å². The lowest BCUT2D eigenvalue weighted by Gasteiger charge is -2.10. The molecule has 2 heterocycles. The molecule has 0 aliphatic carbocycles. The molecule has 5 nitrogen and oxygen atoms in total. The normalized spacial score (nSPS) is 12.6. The van der Waals surface area contributed by atoms with Gasteiger partial charge in [-0.1, -0.05) is 12.1 Å². The highest BCUT2D eigenvalue weighted by Gasteiger charge is 2.20. The number of nitrogens with zero attached hydrogens (tertiary/aromatic N) is 2. The summed E-state index contributed by atoms with van der Waals surface area (Å²) in [5, 5.41) is 0.979. The van der Waals surface area contributed by atoms with Gasteiger partial charge >= 0.3 is 0 Å². The first-order valence-corrected chi connectivity index (χ1v) is 6.78. The predicted molar refractivity (Wildman–Crippen MR) is 78.5 cm³/mol. The van der Waals surface area contributed by atoms with E-state index in [2.05, 4.69) is 25.9 Å². The average Bonchev–Trinajstić information content (AvgIpc) is 2.92. The molecular weight excluding hydrogens is 322 g/mol. The Morgan fingerprint density at radius 2 is 2.10 bits per heavy atom. The van der Waals surface area contributed by atoms with E-state index >= 15 is 0 Å². The molecule has 0 fully saturated rings. The summed E-state index contributed by atoms with van der Waals surface area (Å²) in [5.74, 6) is 1.02. The fourth-order valence-electron chi connectivity index (χ4n) is 2.04. The van der Waals surface area contributed by atoms with Gasteiger partial charge in [0.1, 0.15) is 23.1 Å². The van der Waals surface area contributed by atoms with E-state index < -0.39 is 6.04 Å². The monoisotopic (exact) mass is 333 g/mol. The molecule has 0 radical (unpaired) electrons. The summed E-state index contributed by atoms with van der Waals surface area (Å²) in [4.78, 5) is 8.33. The first-order chi connectivity index (χ1) is 9.70. The van der Waals surface area contributed by atoms with Gasteiger partial charge < -0.3 is 14.9 Å². The van der Waals surface area contributed by atoms with Crippen molar-refractivity contribution in [1.82, 2.24) is 9.97 Å². The Balaban J connectivity index is 2.08. The van der Waals surface area contributed by atoms with Gasteiger partial charge in [0.25, 0.3) is 0 Å². The Morgan fingerprint density at radius 3 is 2.85 bits per heavy atom. The van der Waals surface area contributed by atoms with E-state index in [0.717, 1.165) is 15.4 Å². The van der Waals surface area contributed by atoms with Crippen LogP contribution in [0.15, 0.2) is 45.5 Å².